The number of hydrogen-bond acceptors (Lipinski definition) is 2. The third kappa shape index (κ3) is 3.88. The van der Waals surface area contributed by atoms with Gasteiger partial charge in [-0.15, -0.1) is 0 Å². The first-order valence-electron chi connectivity index (χ1n) is 3.25. The zero-order chi connectivity index (χ0) is 8.20. The summed E-state index contributed by atoms with van der Waals surface area (Å²) in [7, 11) is 0. The molecule has 0 aromatic rings. The van der Waals surface area contributed by atoms with Gasteiger partial charge >= 0.3 is 0 Å². The Labute approximate surface area is 67.3 Å². The quantitative estimate of drug-likeness (QED) is 0.485. The van der Waals surface area contributed by atoms with Crippen molar-refractivity contribution in [3.05, 3.63) is 0 Å². The molecule has 10 heavy (non-hydrogen) atoms. The van der Waals surface area contributed by atoms with Gasteiger partial charge in [-0.1, -0.05) is 13.8 Å². The highest BCUT2D eigenvalue weighted by Gasteiger charge is 2.18. The fourth-order valence-corrected chi connectivity index (χ4v) is 0.846. The van der Waals surface area contributed by atoms with E-state index in [1.54, 1.807) is 0 Å². The van der Waals surface area contributed by atoms with Crippen LogP contribution < -0.4 is 0 Å². The molecule has 0 radical (unpaired) electrons. The number of nitrogens with zero attached hydrogens (tertiary/aromatic N) is 1. The second-order valence-corrected chi connectivity index (χ2v) is 3.51. The van der Waals surface area contributed by atoms with Gasteiger partial charge in [0.1, 0.15) is 0 Å². The van der Waals surface area contributed by atoms with E-state index < -0.39 is 0 Å². The summed E-state index contributed by atoms with van der Waals surface area (Å²) in [4.78, 5) is 0. The first-order valence-corrected chi connectivity index (χ1v) is 3.65. The predicted octanol–water partition coefficient (Wildman–Crippen LogP) is 2.68. The van der Waals surface area contributed by atoms with Gasteiger partial charge in [0.05, 0.1) is 6.67 Å². The van der Waals surface area contributed by atoms with Crippen molar-refractivity contribution < 1.29 is 4.39 Å². The smallest absolute Gasteiger partial charge is 0.0948 e. The fraction of sp³-hybridized carbons (Fsp3) is 0.857. The molecule has 0 unspecified atom stereocenters. The van der Waals surface area contributed by atoms with E-state index in [2.05, 4.69) is 17.2 Å². The van der Waals surface area contributed by atoms with E-state index in [0.29, 0.717) is 6.42 Å². The molecule has 0 saturated carbocycles. The summed E-state index contributed by atoms with van der Waals surface area (Å²) in [5, 5.41) is 0. The van der Waals surface area contributed by atoms with Gasteiger partial charge < -0.3 is 0 Å². The molecule has 0 spiro atoms. The van der Waals surface area contributed by atoms with Crippen molar-refractivity contribution in [3.63, 3.8) is 0 Å². The summed E-state index contributed by atoms with van der Waals surface area (Å²) >= 11 is 3.73. The minimum atomic E-state index is -0.312. The van der Waals surface area contributed by atoms with Crippen LogP contribution in [0.1, 0.15) is 27.2 Å². The van der Waals surface area contributed by atoms with Crippen LogP contribution in [0.4, 0.5) is 4.39 Å². The van der Waals surface area contributed by atoms with E-state index in [9.17, 15) is 4.39 Å². The predicted molar refractivity (Wildman–Crippen MR) is 46.5 cm³/mol. The topological polar surface area (TPSA) is 12.4 Å². The van der Waals surface area contributed by atoms with Crippen LogP contribution in [-0.2, 0) is 0 Å². The summed E-state index contributed by atoms with van der Waals surface area (Å²) in [5.41, 5.74) is 0.599. The lowest BCUT2D eigenvalue weighted by Crippen LogP contribution is -2.17. The standard InChI is InChI=1S/C7H14FNS/c1-6(9-10)4-7(2,3)5-8/h10H,4-5H2,1-3H3. The van der Waals surface area contributed by atoms with Crippen LogP contribution in [0.25, 0.3) is 0 Å². The third-order valence-corrected chi connectivity index (χ3v) is 1.61. The molecule has 0 aliphatic rings. The molecular formula is C7H14FNS. The van der Waals surface area contributed by atoms with Crippen LogP contribution >= 0.6 is 12.8 Å². The Morgan fingerprint density at radius 2 is 2.10 bits per heavy atom. The van der Waals surface area contributed by atoms with E-state index >= 15 is 0 Å². The maximum Gasteiger partial charge on any atom is 0.0948 e. The number of thiol groups is 1. The van der Waals surface area contributed by atoms with Gasteiger partial charge in [0, 0.05) is 5.71 Å². The number of alkyl halides is 1. The molecule has 1 nitrogen and oxygen atoms in total. The maximum absolute atomic E-state index is 12.2. The zero-order valence-electron chi connectivity index (χ0n) is 6.69. The maximum atomic E-state index is 12.2. The van der Waals surface area contributed by atoms with E-state index in [1.807, 2.05) is 20.8 Å². The van der Waals surface area contributed by atoms with E-state index in [-0.39, 0.29) is 12.1 Å². The average Bonchev–Trinajstić information content (AvgIpc) is 1.87. The van der Waals surface area contributed by atoms with E-state index in [1.165, 1.54) is 0 Å². The highest BCUT2D eigenvalue weighted by molar-refractivity contribution is 7.79. The molecule has 60 valence electrons. The zero-order valence-corrected chi connectivity index (χ0v) is 7.58. The monoisotopic (exact) mass is 163 g/mol. The van der Waals surface area contributed by atoms with Crippen molar-refractivity contribution >= 4 is 18.5 Å². The molecule has 0 atom stereocenters. The van der Waals surface area contributed by atoms with Gasteiger partial charge in [0.15, 0.2) is 0 Å². The lowest BCUT2D eigenvalue weighted by molar-refractivity contribution is 0.267. The molecule has 0 heterocycles. The van der Waals surface area contributed by atoms with Crippen molar-refractivity contribution in [3.8, 4) is 0 Å². The van der Waals surface area contributed by atoms with Crippen LogP contribution in [0, 0.1) is 5.41 Å². The number of halogens is 1. The average molecular weight is 163 g/mol. The number of hydrogen-bond donors (Lipinski definition) is 1. The molecule has 0 N–H and O–H groups in total. The summed E-state index contributed by atoms with van der Waals surface area (Å²) in [6.45, 7) is 5.28. The van der Waals surface area contributed by atoms with Gasteiger partial charge in [0.25, 0.3) is 0 Å². The van der Waals surface area contributed by atoms with Crippen molar-refractivity contribution in [2.75, 3.05) is 6.67 Å². The Kier molecular flexibility index (Phi) is 3.94. The second kappa shape index (κ2) is 3.96. The molecule has 0 aliphatic carbocycles. The Balaban J connectivity index is 3.88. The van der Waals surface area contributed by atoms with Crippen molar-refractivity contribution in [1.29, 1.82) is 0 Å². The molecule has 0 rings (SSSR count). The van der Waals surface area contributed by atoms with Crippen molar-refractivity contribution in [2.24, 2.45) is 9.81 Å². The minimum Gasteiger partial charge on any atom is -0.251 e. The van der Waals surface area contributed by atoms with E-state index in [4.69, 9.17) is 0 Å². The Morgan fingerprint density at radius 3 is 2.40 bits per heavy atom. The van der Waals surface area contributed by atoms with Gasteiger partial charge in [-0.3, -0.25) is 4.39 Å². The first-order chi connectivity index (χ1) is 4.52. The highest BCUT2D eigenvalue weighted by atomic mass is 32.1. The van der Waals surface area contributed by atoms with Crippen molar-refractivity contribution in [1.82, 2.24) is 0 Å². The molecule has 0 saturated heterocycles. The lowest BCUT2D eigenvalue weighted by Gasteiger charge is -2.19. The van der Waals surface area contributed by atoms with Gasteiger partial charge in [0.2, 0.25) is 0 Å². The molecule has 0 fully saturated rings. The summed E-state index contributed by atoms with van der Waals surface area (Å²) in [5.74, 6) is 0. The van der Waals surface area contributed by atoms with Gasteiger partial charge in [-0.2, -0.15) is 0 Å². The number of rotatable bonds is 3. The molecule has 0 amide bonds. The largest absolute Gasteiger partial charge is 0.251 e. The Hall–Kier alpha value is -0.0500. The summed E-state index contributed by atoms with van der Waals surface area (Å²) in [6.07, 6.45) is 0.674. The normalized spacial score (nSPS) is 13.9. The van der Waals surface area contributed by atoms with E-state index in [0.717, 1.165) is 5.71 Å². The van der Waals surface area contributed by atoms with Crippen LogP contribution in [0.2, 0.25) is 0 Å². The molecule has 0 bridgehead atoms. The Bertz CT molecular complexity index is 132. The first kappa shape index (κ1) is 9.95. The third-order valence-electron chi connectivity index (χ3n) is 1.27. The van der Waals surface area contributed by atoms with Gasteiger partial charge in [-0.25, -0.2) is 4.40 Å². The Morgan fingerprint density at radius 1 is 1.60 bits per heavy atom. The van der Waals surface area contributed by atoms with Crippen LogP contribution in [0.3, 0.4) is 0 Å². The molecule has 0 aromatic carbocycles. The van der Waals surface area contributed by atoms with Crippen molar-refractivity contribution in [2.45, 2.75) is 27.2 Å². The second-order valence-electron chi connectivity index (χ2n) is 3.31. The summed E-state index contributed by atoms with van der Waals surface area (Å²) in [6, 6.07) is 0. The highest BCUT2D eigenvalue weighted by Crippen LogP contribution is 2.21. The molecular weight excluding hydrogens is 149 g/mol. The molecule has 3 heteroatoms. The van der Waals surface area contributed by atoms with Crippen LogP contribution in [0.15, 0.2) is 4.40 Å². The minimum absolute atomic E-state index is 0.281. The lowest BCUT2D eigenvalue weighted by atomic mass is 9.89. The molecule has 0 aromatic heterocycles. The van der Waals surface area contributed by atoms with Crippen LogP contribution in [0.5, 0.6) is 0 Å². The van der Waals surface area contributed by atoms with Crippen LogP contribution in [-0.4, -0.2) is 12.4 Å². The van der Waals surface area contributed by atoms with Gasteiger partial charge in [-0.05, 0) is 31.6 Å². The fourth-order valence-electron chi connectivity index (χ4n) is 0.775. The SMILES string of the molecule is CC(CC(C)(C)CF)=NS. The summed E-state index contributed by atoms with van der Waals surface area (Å²) < 4.78 is 15.9. The molecule has 0 aliphatic heterocycles.